The van der Waals surface area contributed by atoms with Crippen LogP contribution in [0.15, 0.2) is 77.6 Å². The Morgan fingerprint density at radius 2 is 1.32 bits per heavy atom. The summed E-state index contributed by atoms with van der Waals surface area (Å²) in [6, 6.07) is 18.1. The zero-order valence-corrected chi connectivity index (χ0v) is 28.1. The third kappa shape index (κ3) is 9.25. The fourth-order valence-corrected chi connectivity index (χ4v) is 4.13. The fourth-order valence-electron chi connectivity index (χ4n) is 4.13. The molecule has 1 atom stereocenters. The van der Waals surface area contributed by atoms with Crippen molar-refractivity contribution in [2.75, 3.05) is 0 Å². The van der Waals surface area contributed by atoms with Gasteiger partial charge in [-0.2, -0.15) is 17.7 Å². The molecule has 1 heterocycles. The van der Waals surface area contributed by atoms with Crippen LogP contribution in [-0.4, -0.2) is 3.21 Å². The van der Waals surface area contributed by atoms with Crippen molar-refractivity contribution in [1.82, 2.24) is 0 Å². The average molecular weight is 627 g/mol. The number of hydrogen-bond acceptors (Lipinski definition) is 1. The van der Waals surface area contributed by atoms with E-state index in [1.165, 1.54) is 35.9 Å². The van der Waals surface area contributed by atoms with Gasteiger partial charge in [-0.25, -0.2) is 0 Å². The minimum atomic E-state index is 0. The standard InChI is InChI=1S/C21H25.C10H9O.C3H6.2ClH.Zr/c1-20(2,3)16-7-9-18-14(12-16)11-15-13-17(21(4,5)6)8-10-19(15)18;1-8-2-3-9(6-8)10-4-5-11-7-10;1-3-2;;;/h7-13H,1-6H3;2-5,7-8H,1H3;1-2H3;2*1H;/q2*-1;;;;+2/p-2. The van der Waals surface area contributed by atoms with Crippen LogP contribution in [0.1, 0.15) is 79.0 Å². The van der Waals surface area contributed by atoms with Gasteiger partial charge in [0.05, 0.1) is 6.26 Å². The number of allylic oxidation sites excluding steroid dienone is 4. The van der Waals surface area contributed by atoms with E-state index < -0.39 is 0 Å². The second-order valence-corrected chi connectivity index (χ2v) is 14.4. The number of fused-ring (bicyclic) bond motifs is 3. The van der Waals surface area contributed by atoms with Crippen LogP contribution in [-0.2, 0) is 35.1 Å². The van der Waals surface area contributed by atoms with Gasteiger partial charge < -0.3 is 29.2 Å². The molecule has 3 aromatic carbocycles. The van der Waals surface area contributed by atoms with Gasteiger partial charge in [0.25, 0.3) is 0 Å². The van der Waals surface area contributed by atoms with Crippen LogP contribution in [0.5, 0.6) is 0 Å². The van der Waals surface area contributed by atoms with Crippen LogP contribution in [0, 0.1) is 12.0 Å². The van der Waals surface area contributed by atoms with Gasteiger partial charge >= 0.3 is 41.3 Å². The van der Waals surface area contributed by atoms with Gasteiger partial charge in [0, 0.05) is 6.26 Å². The van der Waals surface area contributed by atoms with E-state index >= 15 is 0 Å². The first kappa shape index (κ1) is 34.4. The third-order valence-electron chi connectivity index (χ3n) is 6.20. The van der Waals surface area contributed by atoms with Crippen LogP contribution in [0.2, 0.25) is 0 Å². The summed E-state index contributed by atoms with van der Waals surface area (Å²) in [6.07, 6.45) is 10.9. The predicted octanol–water partition coefficient (Wildman–Crippen LogP) is 3.73. The molecule has 0 fully saturated rings. The van der Waals surface area contributed by atoms with Crippen molar-refractivity contribution in [2.24, 2.45) is 5.92 Å². The fraction of sp³-hybridized carbons (Fsp3) is 0.353. The smallest absolute Gasteiger partial charge is 1.00 e. The minimum absolute atomic E-state index is 0. The van der Waals surface area contributed by atoms with E-state index in [9.17, 15) is 0 Å². The molecule has 0 amide bonds. The van der Waals surface area contributed by atoms with Gasteiger partial charge in [-0.3, -0.25) is 0 Å². The summed E-state index contributed by atoms with van der Waals surface area (Å²) < 4.78 is 6.47. The van der Waals surface area contributed by atoms with E-state index in [0.29, 0.717) is 5.92 Å². The van der Waals surface area contributed by atoms with Crippen LogP contribution >= 0.6 is 0 Å². The maximum atomic E-state index is 4.97. The van der Waals surface area contributed by atoms with Crippen molar-refractivity contribution in [2.45, 2.75) is 73.1 Å². The Morgan fingerprint density at radius 1 is 0.842 bits per heavy atom. The van der Waals surface area contributed by atoms with Crippen molar-refractivity contribution >= 4 is 30.3 Å². The molecule has 1 nitrogen and oxygen atoms in total. The second-order valence-electron chi connectivity index (χ2n) is 12.0. The first-order valence-corrected chi connectivity index (χ1v) is 14.0. The summed E-state index contributed by atoms with van der Waals surface area (Å²) in [4.78, 5) is 0. The second kappa shape index (κ2) is 14.2. The molecule has 0 N–H and O–H groups in total. The molecule has 38 heavy (non-hydrogen) atoms. The summed E-state index contributed by atoms with van der Waals surface area (Å²) in [6.45, 7) is 20.0. The zero-order chi connectivity index (χ0) is 26.7. The minimum Gasteiger partial charge on any atom is -1.00 e. The Labute approximate surface area is 257 Å². The predicted molar refractivity (Wildman–Crippen MR) is 154 cm³/mol. The quantitative estimate of drug-likeness (QED) is 0.294. The number of hydrogen-bond donors (Lipinski definition) is 0. The average Bonchev–Trinajstić information content (AvgIpc) is 3.51. The summed E-state index contributed by atoms with van der Waals surface area (Å²) in [5.74, 6) is 0.444. The van der Waals surface area contributed by atoms with E-state index in [1.54, 1.807) is 36.8 Å². The van der Waals surface area contributed by atoms with E-state index in [0.717, 1.165) is 11.1 Å². The van der Waals surface area contributed by atoms with Gasteiger partial charge in [0.2, 0.25) is 0 Å². The molecule has 4 heteroatoms. The van der Waals surface area contributed by atoms with E-state index in [-0.39, 0.29) is 35.6 Å². The molecule has 0 radical (unpaired) electrons. The SMILES string of the molecule is CC(C)(C)c1ccc2c(c1)[cH-]c1cc(C(C)(C)C)ccc12.CC1[C-]=C(c2ccoc2)C=C1.C[C](C)=[Zr+2].[Cl-].[Cl-]. The zero-order valence-electron chi connectivity index (χ0n) is 24.2. The molecule has 5 rings (SSSR count). The molecule has 1 aliphatic rings. The summed E-state index contributed by atoms with van der Waals surface area (Å²) in [5, 5.41) is 5.48. The van der Waals surface area contributed by atoms with Crippen molar-refractivity contribution in [1.29, 1.82) is 0 Å². The molecule has 202 valence electrons. The molecule has 0 bridgehead atoms. The maximum absolute atomic E-state index is 4.97. The molecular formula is C34H40Cl2OZr-2. The number of halogens is 2. The van der Waals surface area contributed by atoms with Gasteiger partial charge in [0.15, 0.2) is 0 Å². The Hall–Kier alpha value is -1.60. The first-order chi connectivity index (χ1) is 16.8. The van der Waals surface area contributed by atoms with E-state index in [1.807, 2.05) is 6.07 Å². The van der Waals surface area contributed by atoms with Crippen LogP contribution in [0.4, 0.5) is 0 Å². The van der Waals surface area contributed by atoms with Crippen molar-refractivity contribution in [3.63, 3.8) is 0 Å². The van der Waals surface area contributed by atoms with Gasteiger partial charge in [-0.15, -0.1) is 45.8 Å². The summed E-state index contributed by atoms with van der Waals surface area (Å²) in [7, 11) is 0. The third-order valence-corrected chi connectivity index (χ3v) is 6.20. The van der Waals surface area contributed by atoms with Gasteiger partial charge in [0.1, 0.15) is 0 Å². The molecule has 1 aromatic heterocycles. The molecule has 0 saturated heterocycles. The molecule has 0 saturated carbocycles. The van der Waals surface area contributed by atoms with Crippen LogP contribution in [0.3, 0.4) is 0 Å². The van der Waals surface area contributed by atoms with Gasteiger partial charge in [-0.1, -0.05) is 101 Å². The summed E-state index contributed by atoms with van der Waals surface area (Å²) >= 11 is 1.55. The van der Waals surface area contributed by atoms with Crippen molar-refractivity contribution in [3.8, 4) is 0 Å². The number of rotatable bonds is 1. The molecule has 0 aliphatic heterocycles. The Balaban J connectivity index is 0.000000358. The Kier molecular flexibility index (Phi) is 12.8. The largest absolute Gasteiger partial charge is 1.00 e. The normalized spacial score (nSPS) is 14.5. The van der Waals surface area contributed by atoms with Crippen molar-refractivity contribution < 1.29 is 53.5 Å². The number of benzene rings is 2. The van der Waals surface area contributed by atoms with Crippen LogP contribution < -0.4 is 24.8 Å². The van der Waals surface area contributed by atoms with Crippen molar-refractivity contribution in [3.05, 3.63) is 96.0 Å². The first-order valence-electron chi connectivity index (χ1n) is 12.8. The summed E-state index contributed by atoms with van der Waals surface area (Å²) in [5.41, 5.74) is 5.47. The monoisotopic (exact) mass is 624 g/mol. The molecule has 1 unspecified atom stereocenters. The van der Waals surface area contributed by atoms with Gasteiger partial charge in [-0.05, 0) is 10.8 Å². The molecule has 1 aliphatic carbocycles. The van der Waals surface area contributed by atoms with E-state index in [2.05, 4.69) is 123 Å². The maximum Gasteiger partial charge on any atom is -1.00 e. The Bertz CT molecular complexity index is 1320. The number of furan rings is 1. The van der Waals surface area contributed by atoms with Crippen LogP contribution in [0.25, 0.3) is 27.1 Å². The topological polar surface area (TPSA) is 13.1 Å². The Morgan fingerprint density at radius 3 is 1.66 bits per heavy atom. The molecular weight excluding hydrogens is 587 g/mol. The molecule has 0 spiro atoms. The van der Waals surface area contributed by atoms with E-state index in [4.69, 9.17) is 4.42 Å². The molecule has 4 aromatic rings.